The van der Waals surface area contributed by atoms with E-state index in [0.29, 0.717) is 20.6 Å². The fraction of sp³-hybridized carbons (Fsp3) is 0.0400. The van der Waals surface area contributed by atoms with Gasteiger partial charge in [-0.3, -0.25) is 14.9 Å². The monoisotopic (exact) mass is 563 g/mol. The molecule has 0 unspecified atom stereocenters. The van der Waals surface area contributed by atoms with Gasteiger partial charge in [-0.25, -0.2) is 10.2 Å². The molecule has 2 N–H and O–H groups in total. The summed E-state index contributed by atoms with van der Waals surface area (Å²) in [6.45, 7) is 1.92. The van der Waals surface area contributed by atoms with E-state index in [9.17, 15) is 14.4 Å². The SMILES string of the molecule is Cc1ccc(C(=O)Oc2ccc(Br)cc2/C=N/NC(=O)C(=O)Nc2nnc(-c3ccccc3)s2)cc1. The van der Waals surface area contributed by atoms with Crippen LogP contribution in [-0.2, 0) is 9.59 Å². The summed E-state index contributed by atoms with van der Waals surface area (Å²) in [6, 6.07) is 21.2. The minimum atomic E-state index is -1.00. The van der Waals surface area contributed by atoms with Crippen LogP contribution < -0.4 is 15.5 Å². The molecule has 0 bridgehead atoms. The Bertz CT molecular complexity index is 1440. The normalized spacial score (nSPS) is 10.7. The van der Waals surface area contributed by atoms with Crippen molar-refractivity contribution in [1.82, 2.24) is 15.6 Å². The molecule has 0 aliphatic rings. The third-order valence-corrected chi connectivity index (χ3v) is 6.08. The highest BCUT2D eigenvalue weighted by atomic mass is 79.9. The third kappa shape index (κ3) is 6.46. The van der Waals surface area contributed by atoms with Crippen molar-refractivity contribution in [3.05, 3.63) is 94.0 Å². The molecule has 0 saturated carbocycles. The molecule has 3 aromatic carbocycles. The van der Waals surface area contributed by atoms with Gasteiger partial charge in [-0.2, -0.15) is 5.10 Å². The highest BCUT2D eigenvalue weighted by Crippen LogP contribution is 2.26. The minimum Gasteiger partial charge on any atom is -0.422 e. The van der Waals surface area contributed by atoms with Gasteiger partial charge in [0.15, 0.2) is 0 Å². The number of nitrogens with one attached hydrogen (secondary N) is 2. The van der Waals surface area contributed by atoms with Crippen LogP contribution in [-0.4, -0.2) is 34.2 Å². The van der Waals surface area contributed by atoms with Crippen molar-refractivity contribution in [3.8, 4) is 16.3 Å². The maximum Gasteiger partial charge on any atom is 0.343 e. The number of hydrogen-bond acceptors (Lipinski definition) is 8. The van der Waals surface area contributed by atoms with Crippen LogP contribution in [0.3, 0.4) is 0 Å². The average molecular weight is 564 g/mol. The van der Waals surface area contributed by atoms with Gasteiger partial charge in [0, 0.05) is 15.6 Å². The van der Waals surface area contributed by atoms with E-state index in [1.54, 1.807) is 30.3 Å². The molecule has 4 aromatic rings. The van der Waals surface area contributed by atoms with Gasteiger partial charge in [0.25, 0.3) is 0 Å². The number of esters is 1. The van der Waals surface area contributed by atoms with E-state index in [1.807, 2.05) is 49.4 Å². The van der Waals surface area contributed by atoms with Gasteiger partial charge in [0.2, 0.25) is 5.13 Å². The van der Waals surface area contributed by atoms with E-state index in [1.165, 1.54) is 6.21 Å². The van der Waals surface area contributed by atoms with Crippen molar-refractivity contribution in [1.29, 1.82) is 0 Å². The van der Waals surface area contributed by atoms with E-state index in [0.717, 1.165) is 22.5 Å². The molecular formula is C25H18BrN5O4S. The van der Waals surface area contributed by atoms with E-state index in [-0.39, 0.29) is 10.9 Å². The second-order valence-electron chi connectivity index (χ2n) is 7.37. The topological polar surface area (TPSA) is 123 Å². The summed E-state index contributed by atoms with van der Waals surface area (Å²) in [5.74, 6) is -2.27. The van der Waals surface area contributed by atoms with Crippen LogP contribution in [0.4, 0.5) is 5.13 Å². The summed E-state index contributed by atoms with van der Waals surface area (Å²) >= 11 is 4.48. The van der Waals surface area contributed by atoms with Gasteiger partial charge in [-0.15, -0.1) is 10.2 Å². The molecule has 9 nitrogen and oxygen atoms in total. The number of nitrogens with zero attached hydrogens (tertiary/aromatic N) is 3. The summed E-state index contributed by atoms with van der Waals surface area (Å²) in [7, 11) is 0. The third-order valence-electron chi connectivity index (χ3n) is 4.70. The molecule has 2 amide bonds. The van der Waals surface area contributed by atoms with Crippen LogP contribution in [0.5, 0.6) is 5.75 Å². The molecule has 180 valence electrons. The molecule has 0 radical (unpaired) electrons. The fourth-order valence-corrected chi connectivity index (χ4v) is 4.02. The maximum absolute atomic E-state index is 12.5. The standard InChI is InChI=1S/C25H18BrN5O4S/c1-15-7-9-17(10-8-15)24(34)35-20-12-11-19(26)13-18(20)14-27-29-22(33)21(32)28-25-31-30-23(36-25)16-5-3-2-4-6-16/h2-14H,1H3,(H,29,33)(H,28,31,32)/b27-14+. The van der Waals surface area contributed by atoms with Crippen molar-refractivity contribution in [2.75, 3.05) is 5.32 Å². The zero-order valence-electron chi connectivity index (χ0n) is 18.8. The Morgan fingerprint density at radius 2 is 1.72 bits per heavy atom. The molecule has 0 fully saturated rings. The molecule has 0 aliphatic heterocycles. The summed E-state index contributed by atoms with van der Waals surface area (Å²) in [4.78, 5) is 36.9. The number of hydrazone groups is 1. The van der Waals surface area contributed by atoms with E-state index in [2.05, 4.69) is 42.0 Å². The first-order valence-corrected chi connectivity index (χ1v) is 12.1. The Balaban J connectivity index is 1.38. The Morgan fingerprint density at radius 3 is 2.47 bits per heavy atom. The summed E-state index contributed by atoms with van der Waals surface area (Å²) < 4.78 is 6.19. The molecule has 36 heavy (non-hydrogen) atoms. The molecule has 4 rings (SSSR count). The van der Waals surface area contributed by atoms with Crippen LogP contribution in [0.25, 0.3) is 10.6 Å². The predicted molar refractivity (Wildman–Crippen MR) is 140 cm³/mol. The number of carbonyl (C=O) groups is 3. The lowest BCUT2D eigenvalue weighted by Gasteiger charge is -2.08. The lowest BCUT2D eigenvalue weighted by molar-refractivity contribution is -0.136. The highest BCUT2D eigenvalue weighted by molar-refractivity contribution is 9.10. The average Bonchev–Trinajstić information content (AvgIpc) is 3.35. The number of aromatic nitrogens is 2. The van der Waals surface area contributed by atoms with Crippen LogP contribution in [0, 0.1) is 6.92 Å². The van der Waals surface area contributed by atoms with Crippen molar-refractivity contribution in [2.45, 2.75) is 6.92 Å². The molecule has 0 spiro atoms. The van der Waals surface area contributed by atoms with Crippen molar-refractivity contribution >= 4 is 56.4 Å². The smallest absolute Gasteiger partial charge is 0.343 e. The quantitative estimate of drug-likeness (QED) is 0.116. The molecule has 1 heterocycles. The molecule has 1 aromatic heterocycles. The Morgan fingerprint density at radius 1 is 0.972 bits per heavy atom. The number of ether oxygens (including phenoxy) is 1. The number of hydrogen-bond donors (Lipinski definition) is 2. The van der Waals surface area contributed by atoms with Crippen LogP contribution in [0.2, 0.25) is 0 Å². The Hall–Kier alpha value is -4.22. The van der Waals surface area contributed by atoms with Crippen molar-refractivity contribution in [3.63, 3.8) is 0 Å². The van der Waals surface area contributed by atoms with Crippen LogP contribution in [0.1, 0.15) is 21.5 Å². The summed E-state index contributed by atoms with van der Waals surface area (Å²) in [5, 5.41) is 14.9. The number of carbonyl (C=O) groups excluding carboxylic acids is 3. The van der Waals surface area contributed by atoms with Gasteiger partial charge in [0.05, 0.1) is 11.8 Å². The molecule has 0 saturated heterocycles. The van der Waals surface area contributed by atoms with Gasteiger partial charge >= 0.3 is 17.8 Å². The van der Waals surface area contributed by atoms with Crippen molar-refractivity contribution < 1.29 is 19.1 Å². The van der Waals surface area contributed by atoms with Crippen molar-refractivity contribution in [2.24, 2.45) is 5.10 Å². The number of aryl methyl sites for hydroxylation is 1. The fourth-order valence-electron chi connectivity index (χ4n) is 2.90. The number of amides is 2. The van der Waals surface area contributed by atoms with Gasteiger partial charge in [0.1, 0.15) is 10.8 Å². The van der Waals surface area contributed by atoms with Crippen LogP contribution in [0.15, 0.2) is 82.4 Å². The van der Waals surface area contributed by atoms with Crippen LogP contribution >= 0.6 is 27.3 Å². The number of halogens is 1. The van der Waals surface area contributed by atoms with Gasteiger partial charge < -0.3 is 4.74 Å². The van der Waals surface area contributed by atoms with E-state index < -0.39 is 17.8 Å². The second-order valence-corrected chi connectivity index (χ2v) is 9.26. The first-order valence-electron chi connectivity index (χ1n) is 10.5. The number of rotatable bonds is 6. The number of anilines is 1. The largest absolute Gasteiger partial charge is 0.422 e. The lowest BCUT2D eigenvalue weighted by Crippen LogP contribution is -2.32. The molecule has 0 aliphatic carbocycles. The molecule has 11 heteroatoms. The highest BCUT2D eigenvalue weighted by Gasteiger charge is 2.16. The van der Waals surface area contributed by atoms with E-state index in [4.69, 9.17) is 4.74 Å². The first-order chi connectivity index (χ1) is 17.4. The summed E-state index contributed by atoms with van der Waals surface area (Å²) in [6.07, 6.45) is 1.27. The van der Waals surface area contributed by atoms with Gasteiger partial charge in [-0.1, -0.05) is 75.3 Å². The number of benzene rings is 3. The molecular weight excluding hydrogens is 546 g/mol. The Labute approximate surface area is 218 Å². The maximum atomic E-state index is 12.5. The minimum absolute atomic E-state index is 0.176. The van der Waals surface area contributed by atoms with Gasteiger partial charge in [-0.05, 0) is 37.3 Å². The zero-order valence-corrected chi connectivity index (χ0v) is 21.2. The molecule has 0 atom stereocenters. The first kappa shape index (κ1) is 24.9. The second kappa shape index (κ2) is 11.5. The Kier molecular flexibility index (Phi) is 7.93. The zero-order chi connectivity index (χ0) is 25.5. The summed E-state index contributed by atoms with van der Waals surface area (Å²) in [5.41, 5.74) is 4.81. The predicted octanol–water partition coefficient (Wildman–Crippen LogP) is 4.58. The lowest BCUT2D eigenvalue weighted by atomic mass is 10.1. The van der Waals surface area contributed by atoms with E-state index >= 15 is 0 Å².